The Morgan fingerprint density at radius 1 is 1.15 bits per heavy atom. The SMILES string of the molecule is Fc1ccc(-n2nc(-c3ccncc3)nc2COC[C@H]2CCCO2)cc1F. The van der Waals surface area contributed by atoms with Crippen molar-refractivity contribution in [1.29, 1.82) is 0 Å². The summed E-state index contributed by atoms with van der Waals surface area (Å²) >= 11 is 0. The van der Waals surface area contributed by atoms with E-state index in [0.717, 1.165) is 37.1 Å². The Bertz CT molecular complexity index is 911. The van der Waals surface area contributed by atoms with Crippen LogP contribution >= 0.6 is 0 Å². The van der Waals surface area contributed by atoms with Gasteiger partial charge in [0, 0.05) is 30.6 Å². The standard InChI is InChI=1S/C19H18F2N4O2/c20-16-4-3-14(10-17(16)21)25-18(12-26-11-15-2-1-9-27-15)23-19(24-25)13-5-7-22-8-6-13/h3-8,10,15H,1-2,9,11-12H2/t15-/m1/s1. The lowest BCUT2D eigenvalue weighted by atomic mass is 10.2. The summed E-state index contributed by atoms with van der Waals surface area (Å²) in [6.07, 6.45) is 5.37. The molecule has 0 aliphatic carbocycles. The Hall–Kier alpha value is -2.71. The summed E-state index contributed by atoms with van der Waals surface area (Å²) in [5, 5.41) is 4.45. The van der Waals surface area contributed by atoms with Gasteiger partial charge in [0.1, 0.15) is 6.61 Å². The van der Waals surface area contributed by atoms with Crippen molar-refractivity contribution in [1.82, 2.24) is 19.7 Å². The molecule has 0 radical (unpaired) electrons. The first-order valence-electron chi connectivity index (χ1n) is 8.72. The fraction of sp³-hybridized carbons (Fsp3) is 0.316. The summed E-state index contributed by atoms with van der Waals surface area (Å²) in [7, 11) is 0. The Morgan fingerprint density at radius 2 is 2.00 bits per heavy atom. The molecule has 0 amide bonds. The Balaban J connectivity index is 1.62. The van der Waals surface area contributed by atoms with E-state index in [1.165, 1.54) is 10.7 Å². The number of hydrogen-bond donors (Lipinski definition) is 0. The van der Waals surface area contributed by atoms with Crippen LogP contribution in [-0.4, -0.2) is 39.1 Å². The molecule has 0 unspecified atom stereocenters. The summed E-state index contributed by atoms with van der Waals surface area (Å²) in [5.41, 5.74) is 1.14. The molecule has 1 aliphatic rings. The Kier molecular flexibility index (Phi) is 5.17. The maximum Gasteiger partial charge on any atom is 0.182 e. The van der Waals surface area contributed by atoms with Crippen LogP contribution in [0.25, 0.3) is 17.1 Å². The highest BCUT2D eigenvalue weighted by atomic mass is 19.2. The van der Waals surface area contributed by atoms with Gasteiger partial charge in [-0.3, -0.25) is 4.98 Å². The summed E-state index contributed by atoms with van der Waals surface area (Å²) < 4.78 is 39.7. The van der Waals surface area contributed by atoms with E-state index >= 15 is 0 Å². The van der Waals surface area contributed by atoms with Crippen molar-refractivity contribution in [3.63, 3.8) is 0 Å². The second kappa shape index (κ2) is 7.89. The van der Waals surface area contributed by atoms with Gasteiger partial charge in [-0.25, -0.2) is 18.4 Å². The first-order valence-corrected chi connectivity index (χ1v) is 8.72. The maximum absolute atomic E-state index is 13.7. The van der Waals surface area contributed by atoms with Crippen LogP contribution in [0.3, 0.4) is 0 Å². The highest BCUT2D eigenvalue weighted by molar-refractivity contribution is 5.53. The average molecular weight is 372 g/mol. The molecule has 4 rings (SSSR count). The number of nitrogens with zero attached hydrogens (tertiary/aromatic N) is 4. The minimum atomic E-state index is -0.945. The third-order valence-corrected chi connectivity index (χ3v) is 4.32. The lowest BCUT2D eigenvalue weighted by Crippen LogP contribution is -2.15. The zero-order chi connectivity index (χ0) is 18.6. The molecule has 0 bridgehead atoms. The van der Waals surface area contributed by atoms with Crippen molar-refractivity contribution >= 4 is 0 Å². The van der Waals surface area contributed by atoms with Gasteiger partial charge in [-0.15, -0.1) is 5.10 Å². The van der Waals surface area contributed by atoms with Crippen LogP contribution < -0.4 is 0 Å². The number of ether oxygens (including phenoxy) is 2. The molecular weight excluding hydrogens is 354 g/mol. The molecule has 1 aromatic carbocycles. The topological polar surface area (TPSA) is 62.1 Å². The van der Waals surface area contributed by atoms with Crippen molar-refractivity contribution in [2.75, 3.05) is 13.2 Å². The zero-order valence-electron chi connectivity index (χ0n) is 14.5. The third kappa shape index (κ3) is 4.01. The van der Waals surface area contributed by atoms with Gasteiger partial charge in [0.05, 0.1) is 18.4 Å². The quantitative estimate of drug-likeness (QED) is 0.664. The Morgan fingerprint density at radius 3 is 2.74 bits per heavy atom. The first kappa shape index (κ1) is 17.7. The second-order valence-electron chi connectivity index (χ2n) is 6.25. The molecule has 3 heterocycles. The molecule has 8 heteroatoms. The highest BCUT2D eigenvalue weighted by Gasteiger charge is 2.18. The van der Waals surface area contributed by atoms with E-state index in [4.69, 9.17) is 9.47 Å². The number of pyridine rings is 1. The fourth-order valence-electron chi connectivity index (χ4n) is 2.94. The van der Waals surface area contributed by atoms with Crippen LogP contribution in [0.15, 0.2) is 42.7 Å². The van der Waals surface area contributed by atoms with Crippen molar-refractivity contribution in [3.05, 3.63) is 60.2 Å². The van der Waals surface area contributed by atoms with Crippen molar-refractivity contribution in [2.24, 2.45) is 0 Å². The van der Waals surface area contributed by atoms with Gasteiger partial charge in [0.15, 0.2) is 23.3 Å². The van der Waals surface area contributed by atoms with Crippen LogP contribution in [0, 0.1) is 11.6 Å². The molecule has 0 saturated carbocycles. The normalized spacial score (nSPS) is 16.7. The minimum absolute atomic E-state index is 0.0873. The van der Waals surface area contributed by atoms with Gasteiger partial charge in [-0.05, 0) is 37.1 Å². The molecule has 1 aliphatic heterocycles. The maximum atomic E-state index is 13.7. The van der Waals surface area contributed by atoms with Crippen LogP contribution in [0.4, 0.5) is 8.78 Å². The first-order chi connectivity index (χ1) is 13.2. The fourth-order valence-corrected chi connectivity index (χ4v) is 2.94. The van der Waals surface area contributed by atoms with Crippen LogP contribution in [-0.2, 0) is 16.1 Å². The molecule has 1 atom stereocenters. The Labute approximate surface area is 154 Å². The number of halogens is 2. The van der Waals surface area contributed by atoms with E-state index < -0.39 is 11.6 Å². The zero-order valence-corrected chi connectivity index (χ0v) is 14.5. The highest BCUT2D eigenvalue weighted by Crippen LogP contribution is 2.20. The average Bonchev–Trinajstić information content (AvgIpc) is 3.35. The lowest BCUT2D eigenvalue weighted by molar-refractivity contribution is 0.00818. The van der Waals surface area contributed by atoms with E-state index in [1.807, 2.05) is 0 Å². The van der Waals surface area contributed by atoms with E-state index in [0.29, 0.717) is 23.9 Å². The van der Waals surface area contributed by atoms with Gasteiger partial charge < -0.3 is 9.47 Å². The molecule has 27 heavy (non-hydrogen) atoms. The van der Waals surface area contributed by atoms with Crippen LogP contribution in [0.5, 0.6) is 0 Å². The largest absolute Gasteiger partial charge is 0.376 e. The van der Waals surface area contributed by atoms with Gasteiger partial charge in [-0.2, -0.15) is 0 Å². The van der Waals surface area contributed by atoms with E-state index in [-0.39, 0.29) is 12.7 Å². The summed E-state index contributed by atoms with van der Waals surface area (Å²) in [6, 6.07) is 7.16. The van der Waals surface area contributed by atoms with Gasteiger partial charge in [0.2, 0.25) is 0 Å². The molecule has 6 nitrogen and oxygen atoms in total. The number of aromatic nitrogens is 4. The van der Waals surface area contributed by atoms with Crippen molar-refractivity contribution < 1.29 is 18.3 Å². The molecule has 1 saturated heterocycles. The summed E-state index contributed by atoms with van der Waals surface area (Å²) in [4.78, 5) is 8.50. The monoisotopic (exact) mass is 372 g/mol. The predicted octanol–water partition coefficient (Wildman–Crippen LogP) is 3.30. The molecular formula is C19H18F2N4O2. The molecule has 0 N–H and O–H groups in total. The van der Waals surface area contributed by atoms with Gasteiger partial charge in [0.25, 0.3) is 0 Å². The smallest absolute Gasteiger partial charge is 0.182 e. The molecule has 0 spiro atoms. The number of benzene rings is 1. The summed E-state index contributed by atoms with van der Waals surface area (Å²) in [6.45, 7) is 1.39. The third-order valence-electron chi connectivity index (χ3n) is 4.32. The van der Waals surface area contributed by atoms with Crippen LogP contribution in [0.2, 0.25) is 0 Å². The second-order valence-corrected chi connectivity index (χ2v) is 6.25. The lowest BCUT2D eigenvalue weighted by Gasteiger charge is -2.10. The molecule has 2 aromatic heterocycles. The van der Waals surface area contributed by atoms with E-state index in [1.54, 1.807) is 24.5 Å². The molecule has 3 aromatic rings. The van der Waals surface area contributed by atoms with Gasteiger partial charge >= 0.3 is 0 Å². The van der Waals surface area contributed by atoms with E-state index in [2.05, 4.69) is 15.1 Å². The number of hydrogen-bond acceptors (Lipinski definition) is 5. The number of rotatable bonds is 6. The van der Waals surface area contributed by atoms with Crippen molar-refractivity contribution in [3.8, 4) is 17.1 Å². The van der Waals surface area contributed by atoms with Crippen molar-refractivity contribution in [2.45, 2.75) is 25.6 Å². The minimum Gasteiger partial charge on any atom is -0.376 e. The molecule has 1 fully saturated rings. The van der Waals surface area contributed by atoms with Gasteiger partial charge in [-0.1, -0.05) is 0 Å². The summed E-state index contributed by atoms with van der Waals surface area (Å²) in [5.74, 6) is -0.909. The van der Waals surface area contributed by atoms with E-state index in [9.17, 15) is 8.78 Å². The van der Waals surface area contributed by atoms with Crippen LogP contribution in [0.1, 0.15) is 18.7 Å². The predicted molar refractivity (Wildman–Crippen MR) is 93.1 cm³/mol. The molecule has 140 valence electrons.